The van der Waals surface area contributed by atoms with E-state index >= 15 is 0 Å². The predicted octanol–water partition coefficient (Wildman–Crippen LogP) is 3.96. The van der Waals surface area contributed by atoms with Gasteiger partial charge in [0, 0.05) is 0 Å². The van der Waals surface area contributed by atoms with Crippen LogP contribution in [0.2, 0.25) is 5.02 Å². The van der Waals surface area contributed by atoms with Crippen molar-refractivity contribution in [2.24, 2.45) is 0 Å². The van der Waals surface area contributed by atoms with Crippen molar-refractivity contribution in [3.05, 3.63) is 67.2 Å². The van der Waals surface area contributed by atoms with Gasteiger partial charge in [-0.2, -0.15) is 0 Å². The van der Waals surface area contributed by atoms with E-state index in [0.29, 0.717) is 5.02 Å². The van der Waals surface area contributed by atoms with E-state index in [-0.39, 0.29) is 40.6 Å². The van der Waals surface area contributed by atoms with E-state index in [2.05, 4.69) is 13.0 Å². The normalized spacial score (nSPS) is 11.7. The second-order valence-corrected chi connectivity index (χ2v) is 12.3. The first kappa shape index (κ1) is 21.0. The summed E-state index contributed by atoms with van der Waals surface area (Å²) in [5.41, 5.74) is 2.66. The fraction of sp³-hybridized carbons (Fsp3) is 0.364. The summed E-state index contributed by atoms with van der Waals surface area (Å²) in [5.74, 6) is 0. The number of fused-ring (bicyclic) bond motifs is 2. The van der Waals surface area contributed by atoms with Crippen LogP contribution in [0.15, 0.2) is 39.9 Å². The van der Waals surface area contributed by atoms with Crippen LogP contribution in [-0.2, 0) is 13.1 Å². The Bertz CT molecular complexity index is 1300. The Morgan fingerprint density at radius 1 is 0.828 bits per heavy atom. The van der Waals surface area contributed by atoms with Crippen molar-refractivity contribution in [1.82, 2.24) is 7.12 Å². The summed E-state index contributed by atoms with van der Waals surface area (Å²) < 4.78 is 6.41. The van der Waals surface area contributed by atoms with Crippen LogP contribution in [0.5, 0.6) is 0 Å². The number of rotatable bonds is 7. The first-order valence-corrected chi connectivity index (χ1v) is 13.5. The van der Waals surface area contributed by atoms with Crippen LogP contribution in [0.4, 0.5) is 0 Å². The molecule has 0 bridgehead atoms. The molecular weight excluding hydrogens is 518 g/mol. The van der Waals surface area contributed by atoms with Crippen LogP contribution in [-0.4, -0.2) is 36.6 Å². The Balaban J connectivity index is 1.31. The molecule has 2 aromatic heterocycles. The second kappa shape index (κ2) is 8.83. The van der Waals surface area contributed by atoms with E-state index in [4.69, 9.17) is 11.6 Å². The molecule has 7 heteroatoms. The minimum absolute atomic E-state index is 0.0650. The van der Waals surface area contributed by atoms with Gasteiger partial charge >= 0.3 is 187 Å². The molecule has 0 amide bonds. The number of hydrogen-bond donors (Lipinski definition) is 0. The number of halogens is 1. The number of hydrogen-bond acceptors (Lipinski definition) is 2. The van der Waals surface area contributed by atoms with E-state index in [0.717, 1.165) is 55.1 Å². The van der Waals surface area contributed by atoms with Crippen LogP contribution < -0.4 is 11.1 Å². The Morgan fingerprint density at radius 3 is 2.21 bits per heavy atom. The van der Waals surface area contributed by atoms with Crippen molar-refractivity contribution >= 4 is 60.4 Å². The zero-order chi connectivity index (χ0) is 20.5. The standard InChI is InChI=1S/C22H23ClN2O2Se2/c1-14-7-8-17-19(11-14)28-24(21(17)26)9-5-3-4-6-10-25-22(27)18-13-16(23)12-15(2)20(18)29-25/h7-8,11-13H,3-6,9-10H2,1-2H3. The van der Waals surface area contributed by atoms with Gasteiger partial charge in [-0.05, 0) is 0 Å². The molecule has 0 aliphatic rings. The maximum absolute atomic E-state index is 12.6. The van der Waals surface area contributed by atoms with E-state index in [9.17, 15) is 9.59 Å². The van der Waals surface area contributed by atoms with Gasteiger partial charge in [-0.25, -0.2) is 0 Å². The fourth-order valence-corrected chi connectivity index (χ4v) is 8.52. The van der Waals surface area contributed by atoms with Gasteiger partial charge in [-0.1, -0.05) is 0 Å². The molecule has 0 saturated carbocycles. The fourth-order valence-electron chi connectivity index (χ4n) is 3.63. The summed E-state index contributed by atoms with van der Waals surface area (Å²) in [6.45, 7) is 5.75. The molecule has 0 atom stereocenters. The van der Waals surface area contributed by atoms with Crippen molar-refractivity contribution in [2.75, 3.05) is 0 Å². The summed E-state index contributed by atoms with van der Waals surface area (Å²) >= 11 is 6.30. The van der Waals surface area contributed by atoms with Crippen LogP contribution in [0, 0.1) is 13.8 Å². The summed E-state index contributed by atoms with van der Waals surface area (Å²) in [5, 5.41) is 2.32. The van der Waals surface area contributed by atoms with Gasteiger partial charge in [0.25, 0.3) is 0 Å². The third-order valence-electron chi connectivity index (χ3n) is 5.17. The molecule has 4 nitrogen and oxygen atoms in total. The van der Waals surface area contributed by atoms with Crippen molar-refractivity contribution in [1.29, 1.82) is 0 Å². The molecular formula is C22H23ClN2O2Se2. The predicted molar refractivity (Wildman–Crippen MR) is 123 cm³/mol. The van der Waals surface area contributed by atoms with Crippen LogP contribution in [0.25, 0.3) is 19.3 Å². The molecule has 4 rings (SSSR count). The van der Waals surface area contributed by atoms with Gasteiger partial charge in [-0.3, -0.25) is 0 Å². The maximum atomic E-state index is 12.6. The summed E-state index contributed by atoms with van der Waals surface area (Å²) in [4.78, 5) is 25.1. The molecule has 0 aliphatic carbocycles. The molecule has 0 radical (unpaired) electrons. The third-order valence-corrected chi connectivity index (χ3v) is 10.4. The number of nitrogens with zero attached hydrogens (tertiary/aromatic N) is 2. The van der Waals surface area contributed by atoms with E-state index in [1.54, 1.807) is 0 Å². The molecule has 152 valence electrons. The Hall–Kier alpha value is -1.29. The molecule has 0 spiro atoms. The van der Waals surface area contributed by atoms with Crippen molar-refractivity contribution in [2.45, 2.75) is 52.6 Å². The second-order valence-electron chi connectivity index (χ2n) is 7.51. The average molecular weight is 541 g/mol. The molecule has 2 heterocycles. The topological polar surface area (TPSA) is 44.0 Å². The van der Waals surface area contributed by atoms with Gasteiger partial charge in [0.1, 0.15) is 0 Å². The van der Waals surface area contributed by atoms with Gasteiger partial charge in [0.2, 0.25) is 0 Å². The summed E-state index contributed by atoms with van der Waals surface area (Å²) in [7, 11) is 0. The molecule has 0 fully saturated rings. The monoisotopic (exact) mass is 542 g/mol. The zero-order valence-electron chi connectivity index (χ0n) is 16.5. The quantitative estimate of drug-likeness (QED) is 0.263. The molecule has 29 heavy (non-hydrogen) atoms. The number of unbranched alkanes of at least 4 members (excludes halogenated alkanes) is 3. The van der Waals surface area contributed by atoms with Gasteiger partial charge in [0.05, 0.1) is 0 Å². The summed E-state index contributed by atoms with van der Waals surface area (Å²) in [6.07, 6.45) is 4.19. The SMILES string of the molecule is Cc1ccc2c(=O)n(CCCCCCn3[se]c4c(C)cc(Cl)cc4c3=O)[se]c2c1. The Morgan fingerprint density at radius 2 is 1.48 bits per heavy atom. The van der Waals surface area contributed by atoms with Gasteiger partial charge < -0.3 is 0 Å². The van der Waals surface area contributed by atoms with Crippen molar-refractivity contribution in [3.63, 3.8) is 0 Å². The Labute approximate surface area is 186 Å². The van der Waals surface area contributed by atoms with Gasteiger partial charge in [0.15, 0.2) is 0 Å². The number of aryl methyl sites for hydroxylation is 4. The van der Waals surface area contributed by atoms with Crippen LogP contribution in [0.3, 0.4) is 0 Å². The third kappa shape index (κ3) is 4.42. The van der Waals surface area contributed by atoms with Crippen molar-refractivity contribution < 1.29 is 0 Å². The molecule has 0 saturated heterocycles. The van der Waals surface area contributed by atoms with E-state index in [1.165, 1.54) is 14.1 Å². The zero-order valence-corrected chi connectivity index (χ0v) is 20.7. The first-order valence-electron chi connectivity index (χ1n) is 9.84. The van der Waals surface area contributed by atoms with Crippen LogP contribution >= 0.6 is 11.6 Å². The molecule has 2 aromatic carbocycles. The summed E-state index contributed by atoms with van der Waals surface area (Å²) in [6, 6.07) is 9.89. The average Bonchev–Trinajstić information content (AvgIpc) is 3.15. The van der Waals surface area contributed by atoms with E-state index < -0.39 is 0 Å². The number of benzene rings is 2. The Kier molecular flexibility index (Phi) is 6.38. The van der Waals surface area contributed by atoms with E-state index in [1.807, 2.05) is 38.3 Å². The van der Waals surface area contributed by atoms with Gasteiger partial charge in [-0.15, -0.1) is 0 Å². The van der Waals surface area contributed by atoms with Crippen molar-refractivity contribution in [3.8, 4) is 0 Å². The first-order chi connectivity index (χ1) is 13.9. The minimum atomic E-state index is 0.0650. The van der Waals surface area contributed by atoms with Crippen LogP contribution in [0.1, 0.15) is 36.8 Å². The number of aromatic nitrogens is 2. The molecule has 0 N–H and O–H groups in total. The molecule has 4 aromatic rings. The molecule has 0 unspecified atom stereocenters. The molecule has 0 aliphatic heterocycles.